The van der Waals surface area contributed by atoms with Crippen LogP contribution in [-0.2, 0) is 14.3 Å². The lowest BCUT2D eigenvalue weighted by Gasteiger charge is -2.29. The summed E-state index contributed by atoms with van der Waals surface area (Å²) in [4.78, 5) is 25.5. The van der Waals surface area contributed by atoms with Gasteiger partial charge in [-0.3, -0.25) is 4.79 Å². The van der Waals surface area contributed by atoms with E-state index in [1.165, 1.54) is 17.8 Å². The van der Waals surface area contributed by atoms with Crippen molar-refractivity contribution in [2.45, 2.75) is 26.7 Å². The molecule has 1 amide bonds. The number of rotatable bonds is 8. The highest BCUT2D eigenvalue weighted by Crippen LogP contribution is 2.41. The fourth-order valence-electron chi connectivity index (χ4n) is 3.65. The van der Waals surface area contributed by atoms with Crippen LogP contribution in [0.15, 0.2) is 77.0 Å². The molecule has 35 heavy (non-hydrogen) atoms. The lowest BCUT2D eigenvalue weighted by Crippen LogP contribution is -2.29. The van der Waals surface area contributed by atoms with Crippen molar-refractivity contribution in [1.29, 1.82) is 5.26 Å². The maximum absolute atomic E-state index is 12.9. The van der Waals surface area contributed by atoms with Crippen molar-refractivity contribution in [3.63, 3.8) is 0 Å². The number of carbonyl (C=O) groups is 2. The Hall–Kier alpha value is -3.47. The monoisotopic (exact) mass is 507 g/mol. The van der Waals surface area contributed by atoms with Gasteiger partial charge in [-0.2, -0.15) is 5.26 Å². The van der Waals surface area contributed by atoms with Gasteiger partial charge in [0.25, 0.3) is 0 Å². The van der Waals surface area contributed by atoms with Gasteiger partial charge in [0.05, 0.1) is 33.9 Å². The number of thioether (sulfide) groups is 1. The van der Waals surface area contributed by atoms with E-state index < -0.39 is 11.9 Å². The predicted molar refractivity (Wildman–Crippen MR) is 141 cm³/mol. The average molecular weight is 508 g/mol. The lowest BCUT2D eigenvalue weighted by molar-refractivity contribution is -0.138. The normalized spacial score (nSPS) is 15.2. The van der Waals surface area contributed by atoms with Crippen LogP contribution >= 0.6 is 23.4 Å². The van der Waals surface area contributed by atoms with Crippen molar-refractivity contribution in [3.8, 4) is 6.07 Å². The van der Waals surface area contributed by atoms with Crippen LogP contribution in [0.3, 0.4) is 0 Å². The number of aryl methyl sites for hydroxylation is 2. The van der Waals surface area contributed by atoms with E-state index in [9.17, 15) is 14.9 Å². The smallest absolute Gasteiger partial charge is 0.337 e. The van der Waals surface area contributed by atoms with Crippen LogP contribution in [0, 0.1) is 25.2 Å². The topological polar surface area (TPSA) is 91.2 Å². The molecular formula is C27H26ClN3O3S. The van der Waals surface area contributed by atoms with Crippen LogP contribution in [0.2, 0.25) is 5.02 Å². The summed E-state index contributed by atoms with van der Waals surface area (Å²) in [6, 6.07) is 14.9. The molecule has 1 aliphatic heterocycles. The summed E-state index contributed by atoms with van der Waals surface area (Å²) < 4.78 is 5.30. The molecule has 0 radical (unpaired) electrons. The number of allylic oxidation sites excluding steroid dienone is 2. The van der Waals surface area contributed by atoms with Crippen molar-refractivity contribution in [2.24, 2.45) is 0 Å². The van der Waals surface area contributed by atoms with Gasteiger partial charge in [-0.25, -0.2) is 4.79 Å². The summed E-state index contributed by atoms with van der Waals surface area (Å²) in [5.74, 6) is -1.33. The molecule has 0 saturated heterocycles. The van der Waals surface area contributed by atoms with Gasteiger partial charge in [0.1, 0.15) is 6.61 Å². The third-order valence-electron chi connectivity index (χ3n) is 5.54. The molecule has 1 aliphatic rings. The molecule has 0 aliphatic carbocycles. The molecule has 3 rings (SSSR count). The van der Waals surface area contributed by atoms with Gasteiger partial charge in [-0.15, -0.1) is 0 Å². The molecule has 1 atom stereocenters. The van der Waals surface area contributed by atoms with Crippen molar-refractivity contribution >= 4 is 40.9 Å². The number of amides is 1. The van der Waals surface area contributed by atoms with Gasteiger partial charge in [0.15, 0.2) is 0 Å². The summed E-state index contributed by atoms with van der Waals surface area (Å²) in [6.45, 7) is 9.37. The number of esters is 1. The first-order chi connectivity index (χ1) is 16.7. The fraction of sp³-hybridized carbons (Fsp3) is 0.222. The van der Waals surface area contributed by atoms with E-state index in [4.69, 9.17) is 16.3 Å². The molecule has 0 aromatic heterocycles. The minimum atomic E-state index is -0.666. The Kier molecular flexibility index (Phi) is 8.80. The van der Waals surface area contributed by atoms with Gasteiger partial charge in [-0.05, 0) is 61.7 Å². The van der Waals surface area contributed by atoms with Crippen LogP contribution < -0.4 is 10.6 Å². The molecule has 2 N–H and O–H groups in total. The number of nitrogens with zero attached hydrogens (tertiary/aromatic N) is 1. The molecule has 8 heteroatoms. The predicted octanol–water partition coefficient (Wildman–Crippen LogP) is 5.75. The Morgan fingerprint density at radius 3 is 2.54 bits per heavy atom. The first kappa shape index (κ1) is 26.1. The Morgan fingerprint density at radius 2 is 1.91 bits per heavy atom. The zero-order chi connectivity index (χ0) is 25.5. The molecule has 2 aromatic carbocycles. The maximum atomic E-state index is 12.9. The van der Waals surface area contributed by atoms with Crippen LogP contribution in [-0.4, -0.2) is 24.2 Å². The Labute approximate surface area is 214 Å². The molecule has 0 spiro atoms. The summed E-state index contributed by atoms with van der Waals surface area (Å²) >= 11 is 7.27. The Bertz CT molecular complexity index is 1260. The van der Waals surface area contributed by atoms with Crippen molar-refractivity contribution in [3.05, 3.63) is 98.7 Å². The third-order valence-corrected chi connectivity index (χ3v) is 6.81. The zero-order valence-corrected chi connectivity index (χ0v) is 21.3. The molecular weight excluding hydrogens is 482 g/mol. The highest BCUT2D eigenvalue weighted by molar-refractivity contribution is 8.03. The highest BCUT2D eigenvalue weighted by atomic mass is 35.5. The summed E-state index contributed by atoms with van der Waals surface area (Å²) in [5.41, 5.74) is 4.87. The summed E-state index contributed by atoms with van der Waals surface area (Å²) in [5, 5.41) is 17.2. The quantitative estimate of drug-likeness (QED) is 0.349. The lowest BCUT2D eigenvalue weighted by atomic mass is 9.82. The molecule has 0 fully saturated rings. The zero-order valence-electron chi connectivity index (χ0n) is 19.8. The van der Waals surface area contributed by atoms with Crippen molar-refractivity contribution in [2.75, 3.05) is 17.7 Å². The Morgan fingerprint density at radius 1 is 1.20 bits per heavy atom. The number of halogens is 1. The van der Waals surface area contributed by atoms with Crippen molar-refractivity contribution in [1.82, 2.24) is 5.32 Å². The van der Waals surface area contributed by atoms with Crippen molar-refractivity contribution < 1.29 is 14.3 Å². The molecule has 2 aromatic rings. The minimum absolute atomic E-state index is 0.0504. The summed E-state index contributed by atoms with van der Waals surface area (Å²) in [6.07, 6.45) is 1.48. The van der Waals surface area contributed by atoms with E-state index in [-0.39, 0.29) is 18.3 Å². The molecule has 1 heterocycles. The van der Waals surface area contributed by atoms with E-state index in [0.717, 1.165) is 16.7 Å². The van der Waals surface area contributed by atoms with Gasteiger partial charge < -0.3 is 15.4 Å². The van der Waals surface area contributed by atoms with Gasteiger partial charge >= 0.3 is 5.97 Å². The number of anilines is 1. The number of ether oxygens (including phenoxy) is 1. The second kappa shape index (κ2) is 11.8. The molecule has 6 nitrogen and oxygen atoms in total. The fourth-order valence-corrected chi connectivity index (χ4v) is 4.67. The molecule has 0 saturated carbocycles. The number of dihydropyridines is 1. The largest absolute Gasteiger partial charge is 0.458 e. The van der Waals surface area contributed by atoms with E-state index in [2.05, 4.69) is 23.3 Å². The second-order valence-electron chi connectivity index (χ2n) is 8.03. The first-order valence-corrected chi connectivity index (χ1v) is 12.3. The first-order valence-electron chi connectivity index (χ1n) is 10.9. The van der Waals surface area contributed by atoms with E-state index >= 15 is 0 Å². The third kappa shape index (κ3) is 6.36. The number of benzene rings is 2. The SMILES string of the molecule is C=CCOC(=O)C1=C(C)NC(SCC(=O)Nc2ccc(C)c(C)c2)=C(C#N)C1c1ccc(Cl)cc1. The van der Waals surface area contributed by atoms with E-state index in [0.29, 0.717) is 32.6 Å². The number of nitrogens with one attached hydrogen (secondary N) is 2. The minimum Gasteiger partial charge on any atom is -0.458 e. The van der Waals surface area contributed by atoms with Gasteiger partial charge in [-0.1, -0.05) is 54.2 Å². The van der Waals surface area contributed by atoms with Crippen LogP contribution in [0.5, 0.6) is 0 Å². The van der Waals surface area contributed by atoms with Crippen LogP contribution in [0.1, 0.15) is 29.5 Å². The average Bonchev–Trinajstić information content (AvgIpc) is 2.83. The van der Waals surface area contributed by atoms with Gasteiger partial charge in [0, 0.05) is 16.4 Å². The molecule has 1 unspecified atom stereocenters. The number of hydrogen-bond donors (Lipinski definition) is 2. The molecule has 180 valence electrons. The second-order valence-corrected chi connectivity index (χ2v) is 9.45. The Balaban J connectivity index is 1.88. The standard InChI is InChI=1S/C27H26ClN3O3S/c1-5-12-34-27(33)24-18(4)30-26(22(14-29)25(24)19-7-9-20(28)10-8-19)35-15-23(32)31-21-11-6-16(2)17(3)13-21/h5-11,13,25,30H,1,12,15H2,2-4H3,(H,31,32). The van der Waals surface area contributed by atoms with Gasteiger partial charge in [0.2, 0.25) is 5.91 Å². The maximum Gasteiger partial charge on any atom is 0.337 e. The van der Waals surface area contributed by atoms with E-state index in [1.54, 1.807) is 31.2 Å². The van der Waals surface area contributed by atoms with Crippen LogP contribution in [0.4, 0.5) is 5.69 Å². The van der Waals surface area contributed by atoms with Crippen LogP contribution in [0.25, 0.3) is 0 Å². The number of hydrogen-bond acceptors (Lipinski definition) is 6. The highest BCUT2D eigenvalue weighted by Gasteiger charge is 2.35. The molecule has 0 bridgehead atoms. The number of nitriles is 1. The van der Waals surface area contributed by atoms with E-state index in [1.807, 2.05) is 32.0 Å². The summed E-state index contributed by atoms with van der Waals surface area (Å²) in [7, 11) is 0. The number of carbonyl (C=O) groups excluding carboxylic acids is 2.